The molecule has 26 heavy (non-hydrogen) atoms. The van der Waals surface area contributed by atoms with E-state index in [0.717, 1.165) is 16.7 Å². The standard InChI is InChI=1S/C19H15FN2O2S.ClH/c20-14-7-12(9-23)15(11-3-1-10(8-21)2-4-11)16-13-5-6-25-18(13)19(24)22-17(14)16;/h1-7,23H,8-9,21H2,(H,22,24);1H. The van der Waals surface area contributed by atoms with Crippen molar-refractivity contribution in [3.05, 3.63) is 69.1 Å². The quantitative estimate of drug-likeness (QED) is 0.496. The van der Waals surface area contributed by atoms with Gasteiger partial charge in [0.1, 0.15) is 10.5 Å². The van der Waals surface area contributed by atoms with E-state index in [1.807, 2.05) is 35.7 Å². The molecule has 0 aliphatic heterocycles. The van der Waals surface area contributed by atoms with Crippen molar-refractivity contribution in [1.82, 2.24) is 4.98 Å². The Morgan fingerprint density at radius 1 is 1.19 bits per heavy atom. The number of pyridine rings is 1. The zero-order valence-corrected chi connectivity index (χ0v) is 15.2. The molecule has 4 N–H and O–H groups in total. The Kier molecular flexibility index (Phi) is 5.11. The first-order chi connectivity index (χ1) is 12.1. The molecule has 0 unspecified atom stereocenters. The van der Waals surface area contributed by atoms with Crippen molar-refractivity contribution in [2.45, 2.75) is 13.2 Å². The highest BCUT2D eigenvalue weighted by Gasteiger charge is 2.18. The van der Waals surface area contributed by atoms with Gasteiger partial charge >= 0.3 is 0 Å². The van der Waals surface area contributed by atoms with Gasteiger partial charge in [0.05, 0.1) is 12.1 Å². The zero-order chi connectivity index (χ0) is 17.6. The molecule has 134 valence electrons. The van der Waals surface area contributed by atoms with Crippen LogP contribution in [0.1, 0.15) is 11.1 Å². The van der Waals surface area contributed by atoms with E-state index < -0.39 is 5.82 Å². The van der Waals surface area contributed by atoms with Gasteiger partial charge in [-0.05, 0) is 39.8 Å². The molecule has 4 rings (SSSR count). The van der Waals surface area contributed by atoms with Crippen molar-refractivity contribution in [2.24, 2.45) is 5.73 Å². The van der Waals surface area contributed by atoms with Gasteiger partial charge in [-0.2, -0.15) is 0 Å². The Hall–Kier alpha value is -2.25. The van der Waals surface area contributed by atoms with E-state index >= 15 is 0 Å². The molecule has 0 radical (unpaired) electrons. The number of halogens is 2. The fourth-order valence-electron chi connectivity index (χ4n) is 3.21. The number of nitrogens with two attached hydrogens (primary N) is 1. The number of hydrogen-bond acceptors (Lipinski definition) is 4. The smallest absolute Gasteiger partial charge is 0.266 e. The maximum atomic E-state index is 14.6. The lowest BCUT2D eigenvalue weighted by atomic mass is 9.93. The molecule has 0 atom stereocenters. The summed E-state index contributed by atoms with van der Waals surface area (Å²) in [6.07, 6.45) is 0. The molecule has 0 fully saturated rings. The maximum absolute atomic E-state index is 14.6. The Morgan fingerprint density at radius 2 is 1.92 bits per heavy atom. The lowest BCUT2D eigenvalue weighted by molar-refractivity contribution is 0.282. The van der Waals surface area contributed by atoms with Gasteiger partial charge in [0.15, 0.2) is 0 Å². The summed E-state index contributed by atoms with van der Waals surface area (Å²) in [5, 5.41) is 12.9. The lowest BCUT2D eigenvalue weighted by Crippen LogP contribution is -2.07. The number of H-pyrrole nitrogens is 1. The van der Waals surface area contributed by atoms with Crippen LogP contribution in [0, 0.1) is 5.82 Å². The number of benzene rings is 2. The molecule has 4 nitrogen and oxygen atoms in total. The Balaban J connectivity index is 0.00000196. The van der Waals surface area contributed by atoms with E-state index in [2.05, 4.69) is 4.98 Å². The number of aliphatic hydroxyl groups excluding tert-OH is 1. The highest BCUT2D eigenvalue weighted by molar-refractivity contribution is 7.17. The van der Waals surface area contributed by atoms with E-state index in [1.54, 1.807) is 0 Å². The van der Waals surface area contributed by atoms with Crippen molar-refractivity contribution < 1.29 is 9.50 Å². The second kappa shape index (κ2) is 7.17. The van der Waals surface area contributed by atoms with Crippen LogP contribution in [0.5, 0.6) is 0 Å². The van der Waals surface area contributed by atoms with Gasteiger partial charge in [0, 0.05) is 17.3 Å². The molecular weight excluding hydrogens is 375 g/mol. The van der Waals surface area contributed by atoms with Crippen molar-refractivity contribution in [3.8, 4) is 11.1 Å². The largest absolute Gasteiger partial charge is 0.392 e. The monoisotopic (exact) mass is 390 g/mol. The second-order valence-corrected chi connectivity index (χ2v) is 6.74. The lowest BCUT2D eigenvalue weighted by Gasteiger charge is -2.14. The summed E-state index contributed by atoms with van der Waals surface area (Å²) in [5.74, 6) is -0.549. The molecule has 0 spiro atoms. The molecule has 2 aromatic carbocycles. The van der Waals surface area contributed by atoms with Crippen molar-refractivity contribution >= 4 is 44.7 Å². The average molecular weight is 391 g/mol. The van der Waals surface area contributed by atoms with Gasteiger partial charge in [-0.25, -0.2) is 4.39 Å². The summed E-state index contributed by atoms with van der Waals surface area (Å²) in [6.45, 7) is 0.130. The fourth-order valence-corrected chi connectivity index (χ4v) is 4.00. The van der Waals surface area contributed by atoms with Crippen LogP contribution < -0.4 is 11.3 Å². The van der Waals surface area contributed by atoms with Crippen molar-refractivity contribution in [1.29, 1.82) is 0 Å². The number of thiophene rings is 1. The highest BCUT2D eigenvalue weighted by atomic mass is 35.5. The SMILES string of the molecule is Cl.NCc1ccc(-c2c(CO)cc(F)c3[nH]c(=O)c4sccc4c23)cc1. The van der Waals surface area contributed by atoms with Crippen LogP contribution in [0.2, 0.25) is 0 Å². The number of aromatic amines is 1. The van der Waals surface area contributed by atoms with Gasteiger partial charge < -0.3 is 15.8 Å². The molecule has 0 aliphatic rings. The molecule has 0 bridgehead atoms. The summed E-state index contributed by atoms with van der Waals surface area (Å²) >= 11 is 1.31. The highest BCUT2D eigenvalue weighted by Crippen LogP contribution is 2.37. The van der Waals surface area contributed by atoms with Gasteiger partial charge in [0.2, 0.25) is 0 Å². The number of aliphatic hydroxyl groups is 1. The Labute approximate surface area is 158 Å². The van der Waals surface area contributed by atoms with Gasteiger partial charge in [-0.15, -0.1) is 23.7 Å². The molecule has 0 saturated heterocycles. The third-order valence-electron chi connectivity index (χ3n) is 4.39. The van der Waals surface area contributed by atoms with E-state index in [4.69, 9.17) is 5.73 Å². The number of hydrogen-bond donors (Lipinski definition) is 3. The number of fused-ring (bicyclic) bond motifs is 3. The van der Waals surface area contributed by atoms with Crippen LogP contribution in [-0.2, 0) is 13.2 Å². The summed E-state index contributed by atoms with van der Waals surface area (Å²) in [4.78, 5) is 14.9. The van der Waals surface area contributed by atoms with Gasteiger partial charge in [-0.1, -0.05) is 24.3 Å². The molecule has 7 heteroatoms. The van der Waals surface area contributed by atoms with Crippen LogP contribution in [0.4, 0.5) is 4.39 Å². The summed E-state index contributed by atoms with van der Waals surface area (Å²) in [6, 6.07) is 10.7. The number of nitrogens with one attached hydrogen (secondary N) is 1. The van der Waals surface area contributed by atoms with E-state index in [-0.39, 0.29) is 30.1 Å². The second-order valence-electron chi connectivity index (χ2n) is 5.82. The van der Waals surface area contributed by atoms with E-state index in [0.29, 0.717) is 27.6 Å². The first kappa shape index (κ1) is 18.5. The number of aromatic nitrogens is 1. The molecule has 0 amide bonds. The van der Waals surface area contributed by atoms with Gasteiger partial charge in [-0.3, -0.25) is 4.79 Å². The predicted molar refractivity (Wildman–Crippen MR) is 106 cm³/mol. The average Bonchev–Trinajstić information content (AvgIpc) is 3.13. The normalized spacial score (nSPS) is 11.0. The Bertz CT molecular complexity index is 1150. The first-order valence-electron chi connectivity index (χ1n) is 7.79. The van der Waals surface area contributed by atoms with Crippen LogP contribution in [0.3, 0.4) is 0 Å². The third-order valence-corrected chi connectivity index (χ3v) is 5.30. The summed E-state index contributed by atoms with van der Waals surface area (Å²) in [5.41, 5.74) is 8.53. The zero-order valence-electron chi connectivity index (χ0n) is 13.6. The topological polar surface area (TPSA) is 79.1 Å². The molecule has 0 aliphatic carbocycles. The first-order valence-corrected chi connectivity index (χ1v) is 8.66. The minimum absolute atomic E-state index is 0. The third kappa shape index (κ3) is 2.81. The Morgan fingerprint density at radius 3 is 2.58 bits per heavy atom. The summed E-state index contributed by atoms with van der Waals surface area (Å²) < 4.78 is 15.1. The minimum atomic E-state index is -0.549. The van der Waals surface area contributed by atoms with Crippen molar-refractivity contribution in [2.75, 3.05) is 0 Å². The molecule has 4 aromatic rings. The van der Waals surface area contributed by atoms with E-state index in [9.17, 15) is 14.3 Å². The van der Waals surface area contributed by atoms with Crippen molar-refractivity contribution in [3.63, 3.8) is 0 Å². The predicted octanol–water partition coefficient (Wildman–Crippen LogP) is 3.92. The van der Waals surface area contributed by atoms with Crippen LogP contribution in [-0.4, -0.2) is 10.1 Å². The molecule has 2 heterocycles. The maximum Gasteiger partial charge on any atom is 0.266 e. The molecule has 0 saturated carbocycles. The van der Waals surface area contributed by atoms with Crippen LogP contribution in [0.15, 0.2) is 46.6 Å². The van der Waals surface area contributed by atoms with Crippen LogP contribution in [0.25, 0.3) is 32.1 Å². The fraction of sp³-hybridized carbons (Fsp3) is 0.105. The summed E-state index contributed by atoms with van der Waals surface area (Å²) in [7, 11) is 0. The number of rotatable bonds is 3. The minimum Gasteiger partial charge on any atom is -0.392 e. The van der Waals surface area contributed by atoms with Gasteiger partial charge in [0.25, 0.3) is 5.56 Å². The molecular formula is C19H16ClFN2O2S. The van der Waals surface area contributed by atoms with E-state index in [1.165, 1.54) is 17.4 Å². The molecule has 2 aromatic heterocycles. The van der Waals surface area contributed by atoms with Crippen LogP contribution >= 0.6 is 23.7 Å².